The molecule has 17 heavy (non-hydrogen) atoms. The molecular weight excluding hydrogens is 339 g/mol. The van der Waals surface area contributed by atoms with E-state index in [1.165, 1.54) is 0 Å². The van der Waals surface area contributed by atoms with E-state index in [9.17, 15) is 9.90 Å². The summed E-state index contributed by atoms with van der Waals surface area (Å²) in [5.41, 5.74) is -0.627. The molecule has 0 aromatic carbocycles. The Kier molecular flexibility index (Phi) is 13.7. The quantitative estimate of drug-likeness (QED) is 0.555. The van der Waals surface area contributed by atoms with Crippen LogP contribution in [0.5, 0.6) is 0 Å². The summed E-state index contributed by atoms with van der Waals surface area (Å²) >= 11 is 3.55. The number of hydrogen-bond acceptors (Lipinski definition) is 3. The molecule has 0 bridgehead atoms. The SMILES string of the molecule is CCCCC(CC)(CCS)C(=O)[O-].[CH3][Sn+]([CH3])[CH3]. The second-order valence-corrected chi connectivity index (χ2v) is 14.0. The van der Waals surface area contributed by atoms with Crippen LogP contribution in [0.25, 0.3) is 0 Å². The van der Waals surface area contributed by atoms with Gasteiger partial charge in [-0.3, -0.25) is 0 Å². The molecule has 0 radical (unpaired) electrons. The third-order valence-corrected chi connectivity index (χ3v) is 2.93. The summed E-state index contributed by atoms with van der Waals surface area (Å²) in [6.45, 7) is 3.98. The predicted octanol–water partition coefficient (Wildman–Crippen LogP) is 3.01. The van der Waals surface area contributed by atoms with E-state index >= 15 is 0 Å². The molecular formula is C13H28O2SSn. The van der Waals surface area contributed by atoms with Gasteiger partial charge in [0.25, 0.3) is 0 Å². The molecule has 0 saturated heterocycles. The Hall–Kier alpha value is 0.619. The van der Waals surface area contributed by atoms with Crippen molar-refractivity contribution in [3.05, 3.63) is 0 Å². The molecule has 2 nitrogen and oxygen atoms in total. The minimum atomic E-state index is -0.905. The summed E-state index contributed by atoms with van der Waals surface area (Å²) in [5, 5.41) is 11.0. The second-order valence-electron chi connectivity index (χ2n) is 5.00. The number of carbonyl (C=O) groups excluding carboxylic acids is 1. The topological polar surface area (TPSA) is 40.1 Å². The average molecular weight is 367 g/mol. The molecule has 0 N–H and O–H groups in total. The van der Waals surface area contributed by atoms with Crippen LogP contribution in [0.4, 0.5) is 0 Å². The van der Waals surface area contributed by atoms with Gasteiger partial charge >= 0.3 is 34.6 Å². The van der Waals surface area contributed by atoms with Crippen LogP contribution in [0.3, 0.4) is 0 Å². The van der Waals surface area contributed by atoms with Crippen molar-refractivity contribution in [2.75, 3.05) is 5.75 Å². The van der Waals surface area contributed by atoms with E-state index in [0.717, 1.165) is 19.3 Å². The molecule has 0 fully saturated rings. The fourth-order valence-electron chi connectivity index (χ4n) is 1.56. The Morgan fingerprint density at radius 3 is 1.94 bits per heavy atom. The molecule has 1 unspecified atom stereocenters. The molecule has 0 aliphatic rings. The van der Waals surface area contributed by atoms with E-state index in [-0.39, 0.29) is 0 Å². The molecule has 4 heteroatoms. The van der Waals surface area contributed by atoms with Crippen LogP contribution in [-0.4, -0.2) is 31.5 Å². The Labute approximate surface area is 120 Å². The number of unbranched alkanes of at least 4 members (excludes halogenated alkanes) is 1. The van der Waals surface area contributed by atoms with Crippen LogP contribution in [0.2, 0.25) is 14.8 Å². The number of carboxylic acids is 1. The normalized spacial score (nSPS) is 13.3. The van der Waals surface area contributed by atoms with Crippen LogP contribution in [0.1, 0.15) is 46.0 Å². The van der Waals surface area contributed by atoms with E-state index in [2.05, 4.69) is 34.4 Å². The molecule has 0 aromatic rings. The maximum absolute atomic E-state index is 11.0. The van der Waals surface area contributed by atoms with E-state index in [1.807, 2.05) is 6.92 Å². The molecule has 102 valence electrons. The van der Waals surface area contributed by atoms with Gasteiger partial charge in [0.2, 0.25) is 0 Å². The fourth-order valence-corrected chi connectivity index (χ4v) is 1.98. The summed E-state index contributed by atoms with van der Waals surface area (Å²) in [6.07, 6.45) is 3.98. The molecule has 0 amide bonds. The summed E-state index contributed by atoms with van der Waals surface area (Å²) in [4.78, 5) is 18.1. The monoisotopic (exact) mass is 368 g/mol. The molecule has 0 rings (SSSR count). The van der Waals surface area contributed by atoms with Crippen molar-refractivity contribution >= 4 is 38.4 Å². The standard InChI is InChI=1S/C10H20O2S.3CH3.Sn/c1-3-5-6-10(4-2,7-8-13)9(11)12;;;;/h13H,3-8H2,1-2H3,(H,11,12);3*1H3;/q;;;;+1/p-1. The first-order valence-corrected chi connectivity index (χ1v) is 15.6. The molecule has 0 aliphatic carbocycles. The van der Waals surface area contributed by atoms with Crippen molar-refractivity contribution in [1.82, 2.24) is 0 Å². The second kappa shape index (κ2) is 11.7. The van der Waals surface area contributed by atoms with Gasteiger partial charge in [0.1, 0.15) is 0 Å². The minimum absolute atomic E-state index is 0.543. The van der Waals surface area contributed by atoms with Crippen molar-refractivity contribution in [2.24, 2.45) is 5.41 Å². The van der Waals surface area contributed by atoms with Crippen molar-refractivity contribution in [2.45, 2.75) is 60.8 Å². The third kappa shape index (κ3) is 10.2. The Bertz CT molecular complexity index is 195. The average Bonchev–Trinajstić information content (AvgIpc) is 2.23. The van der Waals surface area contributed by atoms with Gasteiger partial charge in [0, 0.05) is 11.4 Å². The van der Waals surface area contributed by atoms with Crippen molar-refractivity contribution in [3.63, 3.8) is 0 Å². The number of hydrogen-bond donors (Lipinski definition) is 1. The van der Waals surface area contributed by atoms with Gasteiger partial charge in [-0.05, 0) is 25.0 Å². The third-order valence-electron chi connectivity index (χ3n) is 2.71. The van der Waals surface area contributed by atoms with E-state index in [1.54, 1.807) is 0 Å². The predicted molar refractivity (Wildman–Crippen MR) is 79.1 cm³/mol. The first-order valence-electron chi connectivity index (χ1n) is 6.45. The number of aliphatic carboxylic acids is 1. The van der Waals surface area contributed by atoms with Crippen molar-refractivity contribution in [1.29, 1.82) is 0 Å². The van der Waals surface area contributed by atoms with Gasteiger partial charge < -0.3 is 9.90 Å². The number of carboxylic acid groups (broad SMARTS) is 1. The molecule has 0 spiro atoms. The molecule has 0 aliphatic heterocycles. The fraction of sp³-hybridized carbons (Fsp3) is 0.923. The summed E-state index contributed by atoms with van der Waals surface area (Å²) in [5.74, 6) is -0.288. The van der Waals surface area contributed by atoms with Crippen molar-refractivity contribution < 1.29 is 9.90 Å². The van der Waals surface area contributed by atoms with Gasteiger partial charge in [-0.1, -0.05) is 26.7 Å². The molecule has 1 atom stereocenters. The molecule has 0 aromatic heterocycles. The molecule has 0 saturated carbocycles. The zero-order valence-corrected chi connectivity index (χ0v) is 15.8. The van der Waals surface area contributed by atoms with Crippen LogP contribution in [0, 0.1) is 5.41 Å². The van der Waals surface area contributed by atoms with Crippen LogP contribution < -0.4 is 5.11 Å². The Morgan fingerprint density at radius 1 is 1.24 bits per heavy atom. The zero-order valence-electron chi connectivity index (χ0n) is 12.0. The Balaban J connectivity index is 0. The zero-order chi connectivity index (χ0) is 13.9. The number of carbonyl (C=O) groups is 1. The van der Waals surface area contributed by atoms with Gasteiger partial charge in [-0.25, -0.2) is 0 Å². The summed E-state index contributed by atoms with van der Waals surface area (Å²) < 4.78 is 0. The number of rotatable bonds is 7. The van der Waals surface area contributed by atoms with E-state index < -0.39 is 31.1 Å². The van der Waals surface area contributed by atoms with E-state index in [4.69, 9.17) is 0 Å². The van der Waals surface area contributed by atoms with E-state index in [0.29, 0.717) is 18.6 Å². The maximum atomic E-state index is 11.0. The molecule has 0 heterocycles. The summed E-state index contributed by atoms with van der Waals surface area (Å²) in [6, 6.07) is 0. The van der Waals surface area contributed by atoms with Crippen LogP contribution in [0.15, 0.2) is 0 Å². The van der Waals surface area contributed by atoms with Gasteiger partial charge in [0.05, 0.1) is 0 Å². The van der Waals surface area contributed by atoms with Gasteiger partial charge in [-0.15, -0.1) is 0 Å². The number of thiol groups is 1. The van der Waals surface area contributed by atoms with Crippen LogP contribution >= 0.6 is 12.6 Å². The van der Waals surface area contributed by atoms with Crippen molar-refractivity contribution in [3.8, 4) is 0 Å². The summed E-state index contributed by atoms with van der Waals surface area (Å²) in [7, 11) is 0. The first kappa shape index (κ1) is 19.9. The first-order chi connectivity index (χ1) is 7.86. The van der Waals surface area contributed by atoms with Gasteiger partial charge in [0.15, 0.2) is 0 Å². The van der Waals surface area contributed by atoms with Crippen LogP contribution in [-0.2, 0) is 4.79 Å². The van der Waals surface area contributed by atoms with Gasteiger partial charge in [-0.2, -0.15) is 12.6 Å². The Morgan fingerprint density at radius 2 is 1.71 bits per heavy atom.